The molecule has 2 N–H and O–H groups in total. The van der Waals surface area contributed by atoms with Gasteiger partial charge < -0.3 is 15.3 Å². The van der Waals surface area contributed by atoms with Gasteiger partial charge in [-0.05, 0) is 5.92 Å². The molecule has 0 unspecified atom stereocenters. The summed E-state index contributed by atoms with van der Waals surface area (Å²) in [6.07, 6.45) is 0. The van der Waals surface area contributed by atoms with Crippen molar-refractivity contribution in [3.05, 3.63) is 0 Å². The van der Waals surface area contributed by atoms with Crippen LogP contribution in [0.25, 0.3) is 0 Å². The Balaban J connectivity index is 2.68. The van der Waals surface area contributed by atoms with Crippen LogP contribution in [0.4, 0.5) is 4.79 Å². The van der Waals surface area contributed by atoms with Crippen molar-refractivity contribution in [3.8, 4) is 0 Å². The first-order chi connectivity index (χ1) is 8.81. The van der Waals surface area contributed by atoms with Crippen molar-refractivity contribution in [1.82, 2.24) is 15.1 Å². The van der Waals surface area contributed by atoms with Crippen molar-refractivity contribution in [3.63, 3.8) is 0 Å². The lowest BCUT2D eigenvalue weighted by Gasteiger charge is -2.24. The minimum atomic E-state index is -1.13. The predicted molar refractivity (Wildman–Crippen MR) is 64.2 cm³/mol. The van der Waals surface area contributed by atoms with E-state index < -0.39 is 36.9 Å². The minimum absolute atomic E-state index is 0.0893. The molecule has 1 saturated heterocycles. The van der Waals surface area contributed by atoms with E-state index in [-0.39, 0.29) is 19.0 Å². The Bertz CT molecular complexity index is 391. The summed E-state index contributed by atoms with van der Waals surface area (Å²) >= 11 is 0. The van der Waals surface area contributed by atoms with Crippen LogP contribution in [0.3, 0.4) is 0 Å². The Morgan fingerprint density at radius 3 is 2.47 bits per heavy atom. The maximum atomic E-state index is 12.0. The third kappa shape index (κ3) is 4.23. The molecule has 0 bridgehead atoms. The molecule has 0 atom stereocenters. The molecule has 8 nitrogen and oxygen atoms in total. The van der Waals surface area contributed by atoms with Crippen LogP contribution >= 0.6 is 0 Å². The van der Waals surface area contributed by atoms with E-state index in [1.165, 1.54) is 0 Å². The highest BCUT2D eigenvalue weighted by Gasteiger charge is 2.32. The van der Waals surface area contributed by atoms with Gasteiger partial charge in [-0.25, -0.2) is 4.79 Å². The zero-order chi connectivity index (χ0) is 14.6. The molecule has 0 radical (unpaired) electrons. The third-order valence-corrected chi connectivity index (χ3v) is 2.49. The van der Waals surface area contributed by atoms with E-state index in [9.17, 15) is 19.2 Å². The first-order valence-electron chi connectivity index (χ1n) is 5.89. The number of hydrogen-bond acceptors (Lipinski definition) is 4. The summed E-state index contributed by atoms with van der Waals surface area (Å²) in [4.78, 5) is 47.2. The molecule has 106 valence electrons. The Hall–Kier alpha value is -2.12. The maximum absolute atomic E-state index is 12.0. The standard InChI is InChI=1S/C11H17N3O5/c1-7(2)4-13(6-10(17)18)9(16)5-14-8(15)3-12-11(14)19/h7H,3-6H2,1-2H3,(H,12,19)(H,17,18). The molecular formula is C11H17N3O5. The van der Waals surface area contributed by atoms with E-state index in [1.54, 1.807) is 0 Å². The highest BCUT2D eigenvalue weighted by molar-refractivity contribution is 6.04. The number of imide groups is 1. The van der Waals surface area contributed by atoms with Crippen molar-refractivity contribution in [1.29, 1.82) is 0 Å². The van der Waals surface area contributed by atoms with Crippen LogP contribution in [-0.4, -0.2) is 64.9 Å². The van der Waals surface area contributed by atoms with Crippen molar-refractivity contribution < 1.29 is 24.3 Å². The molecule has 1 aliphatic heterocycles. The highest BCUT2D eigenvalue weighted by Crippen LogP contribution is 2.04. The molecular weight excluding hydrogens is 254 g/mol. The smallest absolute Gasteiger partial charge is 0.325 e. The van der Waals surface area contributed by atoms with Crippen molar-refractivity contribution in [2.24, 2.45) is 5.92 Å². The third-order valence-electron chi connectivity index (χ3n) is 2.49. The van der Waals surface area contributed by atoms with Gasteiger partial charge in [-0.1, -0.05) is 13.8 Å². The normalized spacial score (nSPS) is 14.8. The summed E-state index contributed by atoms with van der Waals surface area (Å²) in [6.45, 7) is 2.95. The molecule has 0 saturated carbocycles. The van der Waals surface area contributed by atoms with Gasteiger partial charge in [0, 0.05) is 6.54 Å². The fourth-order valence-electron chi connectivity index (χ4n) is 1.71. The number of nitrogens with zero attached hydrogens (tertiary/aromatic N) is 2. The monoisotopic (exact) mass is 271 g/mol. The fraction of sp³-hybridized carbons (Fsp3) is 0.636. The molecule has 0 aromatic rings. The summed E-state index contributed by atoms with van der Waals surface area (Å²) < 4.78 is 0. The van der Waals surface area contributed by atoms with Crippen LogP contribution < -0.4 is 5.32 Å². The Kier molecular flexibility index (Phi) is 4.85. The Morgan fingerprint density at radius 2 is 2.05 bits per heavy atom. The number of carbonyl (C=O) groups is 4. The quantitative estimate of drug-likeness (QED) is 0.609. The molecule has 4 amide bonds. The summed E-state index contributed by atoms with van der Waals surface area (Å²) in [7, 11) is 0. The Morgan fingerprint density at radius 1 is 1.42 bits per heavy atom. The first kappa shape index (κ1) is 14.9. The van der Waals surface area contributed by atoms with E-state index in [0.717, 1.165) is 9.80 Å². The number of aliphatic carboxylic acids is 1. The number of carbonyl (C=O) groups excluding carboxylic acids is 3. The highest BCUT2D eigenvalue weighted by atomic mass is 16.4. The van der Waals surface area contributed by atoms with Gasteiger partial charge in [0.05, 0.1) is 6.54 Å². The number of rotatable bonds is 6. The zero-order valence-corrected chi connectivity index (χ0v) is 10.9. The van der Waals surface area contributed by atoms with Crippen LogP contribution in [0.15, 0.2) is 0 Å². The maximum Gasteiger partial charge on any atom is 0.325 e. The summed E-state index contributed by atoms with van der Waals surface area (Å²) in [5.74, 6) is -2.09. The average molecular weight is 271 g/mol. The van der Waals surface area contributed by atoms with Crippen LogP contribution in [-0.2, 0) is 14.4 Å². The molecule has 19 heavy (non-hydrogen) atoms. The lowest BCUT2D eigenvalue weighted by molar-refractivity contribution is -0.145. The SMILES string of the molecule is CC(C)CN(CC(=O)O)C(=O)CN1C(=O)CNC1=O. The van der Waals surface area contributed by atoms with Gasteiger partial charge >= 0.3 is 12.0 Å². The number of amides is 4. The number of carboxylic acids is 1. The summed E-state index contributed by atoms with van der Waals surface area (Å²) in [6, 6.07) is -0.627. The van der Waals surface area contributed by atoms with E-state index >= 15 is 0 Å². The molecule has 1 heterocycles. The lowest BCUT2D eigenvalue weighted by Crippen LogP contribution is -2.46. The largest absolute Gasteiger partial charge is 0.480 e. The number of hydrogen-bond donors (Lipinski definition) is 2. The van der Waals surface area contributed by atoms with Crippen LogP contribution in [0.2, 0.25) is 0 Å². The zero-order valence-electron chi connectivity index (χ0n) is 10.9. The predicted octanol–water partition coefficient (Wildman–Crippen LogP) is -0.893. The second kappa shape index (κ2) is 6.17. The minimum Gasteiger partial charge on any atom is -0.480 e. The second-order valence-corrected chi connectivity index (χ2v) is 4.70. The molecule has 0 aromatic heterocycles. The van der Waals surface area contributed by atoms with Gasteiger partial charge in [0.1, 0.15) is 13.1 Å². The summed E-state index contributed by atoms with van der Waals surface area (Å²) in [5, 5.41) is 11.1. The van der Waals surface area contributed by atoms with Gasteiger partial charge in [0.15, 0.2) is 0 Å². The lowest BCUT2D eigenvalue weighted by atomic mass is 10.2. The topological polar surface area (TPSA) is 107 Å². The summed E-state index contributed by atoms with van der Waals surface area (Å²) in [5.41, 5.74) is 0. The van der Waals surface area contributed by atoms with Gasteiger partial charge in [-0.15, -0.1) is 0 Å². The van der Waals surface area contributed by atoms with Crippen LogP contribution in [0.5, 0.6) is 0 Å². The van der Waals surface area contributed by atoms with Crippen molar-refractivity contribution in [2.75, 3.05) is 26.2 Å². The fourth-order valence-corrected chi connectivity index (χ4v) is 1.71. The van der Waals surface area contributed by atoms with Gasteiger partial charge in [0.25, 0.3) is 5.91 Å². The van der Waals surface area contributed by atoms with E-state index in [2.05, 4.69) is 5.32 Å². The number of carboxylic acid groups (broad SMARTS) is 1. The first-order valence-corrected chi connectivity index (χ1v) is 5.89. The number of nitrogens with one attached hydrogen (secondary N) is 1. The van der Waals surface area contributed by atoms with Gasteiger partial charge in [-0.2, -0.15) is 0 Å². The van der Waals surface area contributed by atoms with Gasteiger partial charge in [-0.3, -0.25) is 19.3 Å². The van der Waals surface area contributed by atoms with Crippen molar-refractivity contribution in [2.45, 2.75) is 13.8 Å². The van der Waals surface area contributed by atoms with E-state index in [1.807, 2.05) is 13.8 Å². The average Bonchev–Trinajstić information content (AvgIpc) is 2.58. The second-order valence-electron chi connectivity index (χ2n) is 4.70. The molecule has 1 aliphatic rings. The van der Waals surface area contributed by atoms with E-state index in [4.69, 9.17) is 5.11 Å². The van der Waals surface area contributed by atoms with Gasteiger partial charge in [0.2, 0.25) is 5.91 Å². The Labute approximate surface area is 110 Å². The van der Waals surface area contributed by atoms with Crippen molar-refractivity contribution >= 4 is 23.8 Å². The van der Waals surface area contributed by atoms with Crippen LogP contribution in [0, 0.1) is 5.92 Å². The molecule has 0 aromatic carbocycles. The number of urea groups is 1. The molecule has 8 heteroatoms. The molecule has 1 rings (SSSR count). The molecule has 0 aliphatic carbocycles. The molecule has 1 fully saturated rings. The molecule has 0 spiro atoms. The van der Waals surface area contributed by atoms with E-state index in [0.29, 0.717) is 0 Å². The van der Waals surface area contributed by atoms with Crippen LogP contribution in [0.1, 0.15) is 13.8 Å².